The number of para-hydroxylation sites is 1. The first-order valence-electron chi connectivity index (χ1n) is 9.56. The van der Waals surface area contributed by atoms with E-state index in [0.29, 0.717) is 6.04 Å². The number of aliphatic hydroxyl groups excluding tert-OH is 1. The Morgan fingerprint density at radius 1 is 1.36 bits per heavy atom. The van der Waals surface area contributed by atoms with Gasteiger partial charge < -0.3 is 19.7 Å². The van der Waals surface area contributed by atoms with E-state index in [4.69, 9.17) is 4.74 Å². The van der Waals surface area contributed by atoms with Crippen LogP contribution in [0.4, 0.5) is 0 Å². The Bertz CT molecular complexity index is 711. The molecule has 3 rings (SSSR count). The number of H-pyrrole nitrogens is 1. The van der Waals surface area contributed by atoms with Gasteiger partial charge in [-0.05, 0) is 51.8 Å². The monoisotopic (exact) mass is 344 g/mol. The summed E-state index contributed by atoms with van der Waals surface area (Å²) >= 11 is 0. The van der Waals surface area contributed by atoms with Crippen molar-refractivity contribution in [3.8, 4) is 0 Å². The van der Waals surface area contributed by atoms with Crippen molar-refractivity contribution in [2.45, 2.75) is 51.7 Å². The van der Waals surface area contributed by atoms with Gasteiger partial charge in [0, 0.05) is 36.0 Å². The maximum absolute atomic E-state index is 9.69. The van der Waals surface area contributed by atoms with Gasteiger partial charge in [0.2, 0.25) is 0 Å². The zero-order chi connectivity index (χ0) is 18.0. The molecule has 1 aromatic carbocycles. The number of fused-ring (bicyclic) bond motifs is 3. The highest BCUT2D eigenvalue weighted by molar-refractivity contribution is 5.85. The minimum atomic E-state index is -0.392. The molecule has 2 aromatic rings. The molecule has 0 aliphatic carbocycles. The average molecular weight is 344 g/mol. The van der Waals surface area contributed by atoms with E-state index in [0.717, 1.165) is 32.4 Å². The Morgan fingerprint density at radius 2 is 2.12 bits per heavy atom. The third-order valence-corrected chi connectivity index (χ3v) is 6.17. The summed E-state index contributed by atoms with van der Waals surface area (Å²) in [6, 6.07) is 9.04. The van der Waals surface area contributed by atoms with Gasteiger partial charge in [-0.25, -0.2) is 0 Å². The quantitative estimate of drug-likeness (QED) is 0.805. The molecule has 0 bridgehead atoms. The second kappa shape index (κ2) is 7.48. The second-order valence-corrected chi connectivity index (χ2v) is 7.64. The highest BCUT2D eigenvalue weighted by atomic mass is 16.5. The van der Waals surface area contributed by atoms with Crippen LogP contribution in [0.5, 0.6) is 0 Å². The van der Waals surface area contributed by atoms with Gasteiger partial charge in [0.1, 0.15) is 5.60 Å². The van der Waals surface area contributed by atoms with Gasteiger partial charge in [0.15, 0.2) is 0 Å². The first-order chi connectivity index (χ1) is 12.0. The lowest BCUT2D eigenvalue weighted by Crippen LogP contribution is -2.46. The van der Waals surface area contributed by atoms with Crippen molar-refractivity contribution in [1.82, 2.24) is 9.88 Å². The lowest BCUT2D eigenvalue weighted by Gasteiger charge is -2.42. The first kappa shape index (κ1) is 18.4. The van der Waals surface area contributed by atoms with E-state index in [-0.39, 0.29) is 12.5 Å². The molecule has 4 nitrogen and oxygen atoms in total. The first-order valence-corrected chi connectivity index (χ1v) is 9.56. The summed E-state index contributed by atoms with van der Waals surface area (Å²) in [5, 5.41) is 11.0. The van der Waals surface area contributed by atoms with Crippen molar-refractivity contribution in [2.24, 2.45) is 5.92 Å². The third-order valence-electron chi connectivity index (χ3n) is 6.17. The van der Waals surface area contributed by atoms with E-state index in [1.165, 1.54) is 22.2 Å². The molecule has 25 heavy (non-hydrogen) atoms. The second-order valence-electron chi connectivity index (χ2n) is 7.64. The van der Waals surface area contributed by atoms with E-state index in [1.54, 1.807) is 0 Å². The van der Waals surface area contributed by atoms with Crippen LogP contribution in [0.3, 0.4) is 0 Å². The molecular weight excluding hydrogens is 312 g/mol. The van der Waals surface area contributed by atoms with Gasteiger partial charge in [0.25, 0.3) is 0 Å². The van der Waals surface area contributed by atoms with Crippen LogP contribution < -0.4 is 0 Å². The molecule has 0 saturated heterocycles. The summed E-state index contributed by atoms with van der Waals surface area (Å²) < 4.78 is 6.38. The van der Waals surface area contributed by atoms with Gasteiger partial charge in [-0.15, -0.1) is 0 Å². The summed E-state index contributed by atoms with van der Waals surface area (Å²) in [4.78, 5) is 6.03. The zero-order valence-electron chi connectivity index (χ0n) is 16.0. The number of nitrogens with one attached hydrogen (secondary N) is 1. The fourth-order valence-electron chi connectivity index (χ4n) is 4.18. The van der Waals surface area contributed by atoms with Crippen LogP contribution >= 0.6 is 0 Å². The number of hydrogen-bond acceptors (Lipinski definition) is 3. The molecule has 138 valence electrons. The molecule has 3 unspecified atom stereocenters. The van der Waals surface area contributed by atoms with Gasteiger partial charge in [-0.3, -0.25) is 0 Å². The number of aromatic nitrogens is 1. The predicted molar refractivity (Wildman–Crippen MR) is 103 cm³/mol. The molecule has 0 amide bonds. The van der Waals surface area contributed by atoms with Crippen molar-refractivity contribution >= 4 is 10.9 Å². The van der Waals surface area contributed by atoms with Gasteiger partial charge in [0.05, 0.1) is 12.3 Å². The van der Waals surface area contributed by atoms with Crippen LogP contribution in [0.15, 0.2) is 24.3 Å². The summed E-state index contributed by atoms with van der Waals surface area (Å²) in [7, 11) is 2.18. The molecular formula is C21H32N2O2. The van der Waals surface area contributed by atoms with Crippen LogP contribution in [-0.4, -0.2) is 47.8 Å². The Hall–Kier alpha value is -1.36. The van der Waals surface area contributed by atoms with Crippen LogP contribution in [0.1, 0.15) is 44.9 Å². The lowest BCUT2D eigenvalue weighted by molar-refractivity contribution is -0.104. The topological polar surface area (TPSA) is 48.5 Å². The Kier molecular flexibility index (Phi) is 5.52. The molecule has 1 aliphatic heterocycles. The number of aromatic amines is 1. The molecule has 3 atom stereocenters. The van der Waals surface area contributed by atoms with E-state index in [2.05, 4.69) is 62.0 Å². The van der Waals surface area contributed by atoms with Crippen LogP contribution in [0.2, 0.25) is 0 Å². The molecule has 1 aromatic heterocycles. The summed E-state index contributed by atoms with van der Waals surface area (Å²) in [5.41, 5.74) is 3.38. The number of benzene rings is 1. The number of aliphatic hydroxyl groups is 1. The largest absolute Gasteiger partial charge is 0.396 e. The van der Waals surface area contributed by atoms with Crippen molar-refractivity contribution in [3.63, 3.8) is 0 Å². The SMILES string of the molecule is CCC(C)N(C)CC(CCO)C1(C)OCCc2c1[nH]c1ccccc21. The van der Waals surface area contributed by atoms with Gasteiger partial charge >= 0.3 is 0 Å². The average Bonchev–Trinajstić information content (AvgIpc) is 3.01. The summed E-state index contributed by atoms with van der Waals surface area (Å²) in [6.45, 7) is 8.52. The van der Waals surface area contributed by atoms with Crippen molar-refractivity contribution in [3.05, 3.63) is 35.5 Å². The Balaban J connectivity index is 1.99. The molecule has 1 aliphatic rings. The number of nitrogens with zero attached hydrogens (tertiary/aromatic N) is 1. The molecule has 0 spiro atoms. The Labute approximate surface area is 151 Å². The van der Waals surface area contributed by atoms with Crippen LogP contribution in [0, 0.1) is 5.92 Å². The molecule has 0 saturated carbocycles. The molecule has 0 fully saturated rings. The number of ether oxygens (including phenoxy) is 1. The van der Waals surface area contributed by atoms with E-state index in [9.17, 15) is 5.11 Å². The highest BCUT2D eigenvalue weighted by Gasteiger charge is 2.43. The van der Waals surface area contributed by atoms with Crippen LogP contribution in [-0.2, 0) is 16.8 Å². The minimum absolute atomic E-state index is 0.188. The smallest absolute Gasteiger partial charge is 0.109 e. The summed E-state index contributed by atoms with van der Waals surface area (Å²) in [5.74, 6) is 0.239. The molecule has 4 heteroatoms. The lowest BCUT2D eigenvalue weighted by atomic mass is 9.79. The molecule has 2 heterocycles. The zero-order valence-corrected chi connectivity index (χ0v) is 16.0. The maximum Gasteiger partial charge on any atom is 0.109 e. The van der Waals surface area contributed by atoms with E-state index >= 15 is 0 Å². The van der Waals surface area contributed by atoms with Crippen molar-refractivity contribution in [2.75, 3.05) is 26.8 Å². The van der Waals surface area contributed by atoms with E-state index in [1.807, 2.05) is 0 Å². The third kappa shape index (κ3) is 3.35. The highest BCUT2D eigenvalue weighted by Crippen LogP contribution is 2.43. The van der Waals surface area contributed by atoms with Gasteiger partial charge in [-0.2, -0.15) is 0 Å². The standard InChI is InChI=1S/C21H32N2O2/c1-5-15(2)23(4)14-16(10-12-24)21(3)20-18(11-13-25-21)17-8-6-7-9-19(17)22-20/h6-9,15-16,22,24H,5,10-14H2,1-4H3. The maximum atomic E-state index is 9.69. The van der Waals surface area contributed by atoms with Crippen LogP contribution in [0.25, 0.3) is 10.9 Å². The Morgan fingerprint density at radius 3 is 2.84 bits per heavy atom. The van der Waals surface area contributed by atoms with E-state index < -0.39 is 5.60 Å². The predicted octanol–water partition coefficient (Wildman–Crippen LogP) is 3.68. The van der Waals surface area contributed by atoms with Crippen molar-refractivity contribution < 1.29 is 9.84 Å². The fraction of sp³-hybridized carbons (Fsp3) is 0.619. The molecule has 2 N–H and O–H groups in total. The van der Waals surface area contributed by atoms with Gasteiger partial charge in [-0.1, -0.05) is 25.1 Å². The van der Waals surface area contributed by atoms with Crippen molar-refractivity contribution in [1.29, 1.82) is 0 Å². The summed E-state index contributed by atoms with van der Waals surface area (Å²) in [6.07, 6.45) is 2.81. The fourth-order valence-corrected chi connectivity index (χ4v) is 4.18. The minimum Gasteiger partial charge on any atom is -0.396 e. The number of hydrogen-bond donors (Lipinski definition) is 2. The number of rotatable bonds is 7. The normalized spacial score (nSPS) is 23.0. The molecule has 0 radical (unpaired) electrons.